The molecule has 0 radical (unpaired) electrons. The maximum atomic E-state index is 11.8. The highest BCUT2D eigenvalue weighted by atomic mass is 16.5. The van der Waals surface area contributed by atoms with Crippen molar-refractivity contribution in [3.63, 3.8) is 0 Å². The third-order valence-electron chi connectivity index (χ3n) is 3.96. The summed E-state index contributed by atoms with van der Waals surface area (Å²) in [6, 6.07) is -1.75. The summed E-state index contributed by atoms with van der Waals surface area (Å²) < 4.78 is 4.41. The zero-order valence-electron chi connectivity index (χ0n) is 12.6. The second-order valence-electron chi connectivity index (χ2n) is 5.41. The Balaban J connectivity index is 2.40. The number of hydrogen-bond donors (Lipinski definition) is 3. The van der Waals surface area contributed by atoms with Gasteiger partial charge in [0.15, 0.2) is 0 Å². The number of methoxy groups -OCH3 is 1. The third-order valence-corrected chi connectivity index (χ3v) is 3.96. The predicted octanol–water partition coefficient (Wildman–Crippen LogP) is 1.27. The van der Waals surface area contributed by atoms with Crippen molar-refractivity contribution in [3.05, 3.63) is 0 Å². The molecular formula is C14H24N2O5. The van der Waals surface area contributed by atoms with E-state index in [0.717, 1.165) is 38.0 Å². The summed E-state index contributed by atoms with van der Waals surface area (Å²) in [5.74, 6) is -1.21. The molecule has 0 heterocycles. The van der Waals surface area contributed by atoms with Crippen molar-refractivity contribution in [2.75, 3.05) is 7.11 Å². The molecule has 0 aliphatic heterocycles. The van der Waals surface area contributed by atoms with Gasteiger partial charge in [-0.05, 0) is 31.6 Å². The summed E-state index contributed by atoms with van der Waals surface area (Å²) in [6.07, 6.45) is 4.72. The molecule has 0 bridgehead atoms. The molecule has 7 heteroatoms. The molecule has 1 aliphatic rings. The molecule has 0 unspecified atom stereocenters. The van der Waals surface area contributed by atoms with Gasteiger partial charge in [-0.3, -0.25) is 4.79 Å². The number of carbonyl (C=O) groups excluding carboxylic acids is 2. The maximum absolute atomic E-state index is 11.8. The topological polar surface area (TPSA) is 105 Å². The van der Waals surface area contributed by atoms with Crippen molar-refractivity contribution in [3.8, 4) is 0 Å². The Bertz CT molecular complexity index is 378. The molecular weight excluding hydrogens is 276 g/mol. The minimum atomic E-state index is -1.27. The molecule has 1 fully saturated rings. The number of aliphatic carboxylic acids is 1. The number of urea groups is 1. The zero-order valence-corrected chi connectivity index (χ0v) is 12.6. The summed E-state index contributed by atoms with van der Waals surface area (Å²) in [5, 5.41) is 14.1. The first kappa shape index (κ1) is 17.3. The van der Waals surface area contributed by atoms with E-state index in [9.17, 15) is 14.4 Å². The zero-order chi connectivity index (χ0) is 15.8. The van der Waals surface area contributed by atoms with E-state index in [0.29, 0.717) is 0 Å². The Kier molecular flexibility index (Phi) is 6.98. The number of carboxylic acid groups (broad SMARTS) is 1. The van der Waals surface area contributed by atoms with Gasteiger partial charge in [-0.2, -0.15) is 0 Å². The van der Waals surface area contributed by atoms with Crippen molar-refractivity contribution >= 4 is 18.0 Å². The minimum absolute atomic E-state index is 0.0698. The second-order valence-corrected chi connectivity index (χ2v) is 5.41. The van der Waals surface area contributed by atoms with E-state index in [1.54, 1.807) is 0 Å². The number of nitrogens with one attached hydrogen (secondary N) is 2. The van der Waals surface area contributed by atoms with Crippen LogP contribution in [0.5, 0.6) is 0 Å². The SMILES string of the molecule is CCC1CCC(NC(=O)N[C@@H](CC(=O)OC)C(=O)O)CC1. The van der Waals surface area contributed by atoms with Crippen molar-refractivity contribution in [1.29, 1.82) is 0 Å². The molecule has 1 rings (SSSR count). The molecule has 1 saturated carbocycles. The van der Waals surface area contributed by atoms with Crippen LogP contribution in [0.2, 0.25) is 0 Å². The lowest BCUT2D eigenvalue weighted by Crippen LogP contribution is -2.50. The molecule has 0 saturated heterocycles. The number of amides is 2. The third kappa shape index (κ3) is 6.01. The highest BCUT2D eigenvalue weighted by Crippen LogP contribution is 2.26. The molecule has 0 aromatic rings. The van der Waals surface area contributed by atoms with Gasteiger partial charge in [0.2, 0.25) is 0 Å². The van der Waals surface area contributed by atoms with Gasteiger partial charge in [0.1, 0.15) is 6.04 Å². The quantitative estimate of drug-likeness (QED) is 0.641. The first-order valence-electron chi connectivity index (χ1n) is 7.32. The molecule has 1 aliphatic carbocycles. The fraction of sp³-hybridized carbons (Fsp3) is 0.786. The maximum Gasteiger partial charge on any atom is 0.326 e. The Morgan fingerprint density at radius 1 is 1.24 bits per heavy atom. The lowest BCUT2D eigenvalue weighted by Gasteiger charge is -2.28. The number of rotatable bonds is 6. The molecule has 1 atom stereocenters. The molecule has 0 spiro atoms. The summed E-state index contributed by atoms with van der Waals surface area (Å²) >= 11 is 0. The smallest absolute Gasteiger partial charge is 0.326 e. The van der Waals surface area contributed by atoms with Gasteiger partial charge in [-0.1, -0.05) is 13.3 Å². The Morgan fingerprint density at radius 3 is 2.33 bits per heavy atom. The van der Waals surface area contributed by atoms with E-state index < -0.39 is 24.0 Å². The van der Waals surface area contributed by atoms with Gasteiger partial charge >= 0.3 is 18.0 Å². The number of carbonyl (C=O) groups is 3. The molecule has 2 amide bonds. The van der Waals surface area contributed by atoms with Crippen molar-refractivity contribution in [2.24, 2.45) is 5.92 Å². The second kappa shape index (κ2) is 8.49. The van der Waals surface area contributed by atoms with Crippen LogP contribution in [0, 0.1) is 5.92 Å². The van der Waals surface area contributed by atoms with E-state index in [1.807, 2.05) is 0 Å². The average molecular weight is 300 g/mol. The largest absolute Gasteiger partial charge is 0.480 e. The van der Waals surface area contributed by atoms with E-state index >= 15 is 0 Å². The Hall–Kier alpha value is -1.79. The molecule has 120 valence electrons. The molecule has 21 heavy (non-hydrogen) atoms. The normalized spacial score (nSPS) is 23.0. The fourth-order valence-electron chi connectivity index (χ4n) is 2.55. The number of ether oxygens (including phenoxy) is 1. The average Bonchev–Trinajstić information content (AvgIpc) is 2.47. The fourth-order valence-corrected chi connectivity index (χ4v) is 2.55. The standard InChI is InChI=1S/C14H24N2O5/c1-3-9-4-6-10(7-5-9)15-14(20)16-11(13(18)19)8-12(17)21-2/h9-11H,3-8H2,1-2H3,(H,18,19)(H2,15,16,20)/t9?,10?,11-/m0/s1. The van der Waals surface area contributed by atoms with Crippen LogP contribution in [0.1, 0.15) is 45.4 Å². The van der Waals surface area contributed by atoms with Crippen LogP contribution in [0.15, 0.2) is 0 Å². The lowest BCUT2D eigenvalue weighted by molar-refractivity contribution is -0.147. The highest BCUT2D eigenvalue weighted by Gasteiger charge is 2.26. The monoisotopic (exact) mass is 300 g/mol. The summed E-state index contributed by atoms with van der Waals surface area (Å²) in [4.78, 5) is 33.9. The van der Waals surface area contributed by atoms with E-state index in [1.165, 1.54) is 7.11 Å². The molecule has 0 aromatic carbocycles. The number of hydrogen-bond acceptors (Lipinski definition) is 4. The van der Waals surface area contributed by atoms with Crippen LogP contribution >= 0.6 is 0 Å². The summed E-state index contributed by atoms with van der Waals surface area (Å²) in [7, 11) is 1.17. The summed E-state index contributed by atoms with van der Waals surface area (Å²) in [5.41, 5.74) is 0. The van der Waals surface area contributed by atoms with Crippen LogP contribution in [-0.2, 0) is 14.3 Å². The number of carboxylic acids is 1. The molecule has 7 nitrogen and oxygen atoms in total. The van der Waals surface area contributed by atoms with Gasteiger partial charge < -0.3 is 20.5 Å². The van der Waals surface area contributed by atoms with Crippen LogP contribution in [-0.4, -0.2) is 42.3 Å². The van der Waals surface area contributed by atoms with E-state index in [4.69, 9.17) is 5.11 Å². The summed E-state index contributed by atoms with van der Waals surface area (Å²) in [6.45, 7) is 2.16. The predicted molar refractivity (Wildman–Crippen MR) is 75.8 cm³/mol. The Morgan fingerprint density at radius 2 is 1.86 bits per heavy atom. The Labute approximate surface area is 124 Å². The van der Waals surface area contributed by atoms with Crippen molar-refractivity contribution in [2.45, 2.75) is 57.5 Å². The van der Waals surface area contributed by atoms with Gasteiger partial charge in [-0.15, -0.1) is 0 Å². The molecule has 3 N–H and O–H groups in total. The van der Waals surface area contributed by atoms with Crippen LogP contribution in [0.3, 0.4) is 0 Å². The molecule has 0 aromatic heterocycles. The number of esters is 1. The van der Waals surface area contributed by atoms with Gasteiger partial charge in [0.25, 0.3) is 0 Å². The van der Waals surface area contributed by atoms with Crippen LogP contribution in [0.4, 0.5) is 4.79 Å². The van der Waals surface area contributed by atoms with Gasteiger partial charge in [-0.25, -0.2) is 9.59 Å². The van der Waals surface area contributed by atoms with Crippen LogP contribution < -0.4 is 10.6 Å². The first-order valence-corrected chi connectivity index (χ1v) is 7.32. The van der Waals surface area contributed by atoms with E-state index in [2.05, 4.69) is 22.3 Å². The van der Waals surface area contributed by atoms with Crippen LogP contribution in [0.25, 0.3) is 0 Å². The lowest BCUT2D eigenvalue weighted by atomic mass is 9.85. The minimum Gasteiger partial charge on any atom is -0.480 e. The highest BCUT2D eigenvalue weighted by molar-refractivity contribution is 5.86. The van der Waals surface area contributed by atoms with Crippen molar-refractivity contribution in [1.82, 2.24) is 10.6 Å². The van der Waals surface area contributed by atoms with E-state index in [-0.39, 0.29) is 12.5 Å². The van der Waals surface area contributed by atoms with Gasteiger partial charge in [0.05, 0.1) is 13.5 Å². The van der Waals surface area contributed by atoms with Crippen molar-refractivity contribution < 1.29 is 24.2 Å². The first-order chi connectivity index (χ1) is 9.96. The van der Waals surface area contributed by atoms with Gasteiger partial charge in [0, 0.05) is 6.04 Å².